The summed E-state index contributed by atoms with van der Waals surface area (Å²) >= 11 is 6.16. The van der Waals surface area contributed by atoms with Gasteiger partial charge in [-0.3, -0.25) is 19.0 Å². The molecular weight excluding hydrogens is 468 g/mol. The number of benzene rings is 3. The summed E-state index contributed by atoms with van der Waals surface area (Å²) in [4.78, 5) is 51.1. The number of nitrogens with one attached hydrogen (secondary N) is 2. The molecule has 0 saturated heterocycles. The van der Waals surface area contributed by atoms with E-state index in [0.717, 1.165) is 15.7 Å². The van der Waals surface area contributed by atoms with Crippen LogP contribution in [0.2, 0.25) is 5.02 Å². The summed E-state index contributed by atoms with van der Waals surface area (Å²) in [7, 11) is 1.55. The summed E-state index contributed by atoms with van der Waals surface area (Å²) in [5, 5.41) is 6.17. The Morgan fingerprint density at radius 1 is 0.886 bits per heavy atom. The number of nitrogens with zero attached hydrogens (tertiary/aromatic N) is 2. The molecule has 9 heteroatoms. The molecule has 0 aliphatic carbocycles. The first-order chi connectivity index (χ1) is 16.9. The second-order valence-electron chi connectivity index (χ2n) is 7.91. The Labute approximate surface area is 205 Å². The van der Waals surface area contributed by atoms with E-state index < -0.39 is 17.2 Å². The number of likely N-dealkylation sites (N-methyl/N-ethyl adjacent to an activating group) is 1. The van der Waals surface area contributed by atoms with E-state index in [2.05, 4.69) is 10.6 Å². The molecule has 0 bridgehead atoms. The van der Waals surface area contributed by atoms with Gasteiger partial charge in [0.25, 0.3) is 5.56 Å². The van der Waals surface area contributed by atoms with Crippen molar-refractivity contribution in [2.24, 2.45) is 0 Å². The number of halogens is 1. The molecule has 4 aromatic rings. The Kier molecular flexibility index (Phi) is 7.12. The SMILES string of the molecule is CNC(=O)Cc1ccc(-n2c(=O)c3ccccc3n(CC(=O)NCc3ccccc3Cl)c2=O)cc1. The summed E-state index contributed by atoms with van der Waals surface area (Å²) in [6.45, 7) is -0.0730. The Morgan fingerprint density at radius 2 is 1.57 bits per heavy atom. The minimum absolute atomic E-state index is 0.147. The molecule has 4 rings (SSSR count). The molecule has 0 unspecified atom stereocenters. The third kappa shape index (κ3) is 5.17. The molecule has 0 spiro atoms. The maximum Gasteiger partial charge on any atom is 0.336 e. The Bertz CT molecular complexity index is 1520. The smallest absolute Gasteiger partial charge is 0.336 e. The molecule has 0 aliphatic heterocycles. The second kappa shape index (κ2) is 10.4. The lowest BCUT2D eigenvalue weighted by atomic mass is 10.1. The number of hydrogen-bond acceptors (Lipinski definition) is 4. The van der Waals surface area contributed by atoms with Crippen molar-refractivity contribution in [1.29, 1.82) is 0 Å². The molecule has 0 radical (unpaired) electrons. The van der Waals surface area contributed by atoms with Gasteiger partial charge in [0.2, 0.25) is 11.8 Å². The second-order valence-corrected chi connectivity index (χ2v) is 8.32. The number of fused-ring (bicyclic) bond motifs is 1. The molecule has 8 nitrogen and oxygen atoms in total. The van der Waals surface area contributed by atoms with E-state index in [-0.39, 0.29) is 25.4 Å². The molecule has 0 fully saturated rings. The summed E-state index contributed by atoms with van der Waals surface area (Å²) in [6.07, 6.45) is 0.180. The molecule has 1 heterocycles. The molecule has 1 aromatic heterocycles. The van der Waals surface area contributed by atoms with Crippen molar-refractivity contribution in [3.63, 3.8) is 0 Å². The highest BCUT2D eigenvalue weighted by Gasteiger charge is 2.17. The van der Waals surface area contributed by atoms with Crippen LogP contribution in [0.4, 0.5) is 0 Å². The average molecular weight is 491 g/mol. The fraction of sp³-hybridized carbons (Fsp3) is 0.154. The van der Waals surface area contributed by atoms with Gasteiger partial charge in [0.1, 0.15) is 6.54 Å². The van der Waals surface area contributed by atoms with Gasteiger partial charge in [-0.15, -0.1) is 0 Å². The molecule has 0 atom stereocenters. The van der Waals surface area contributed by atoms with Crippen molar-refractivity contribution in [2.45, 2.75) is 19.5 Å². The van der Waals surface area contributed by atoms with Gasteiger partial charge in [-0.1, -0.05) is 54.1 Å². The molecule has 3 aromatic carbocycles. The summed E-state index contributed by atoms with van der Waals surface area (Å²) in [5.41, 5.74) is 1.07. The van der Waals surface area contributed by atoms with Crippen LogP contribution in [0.15, 0.2) is 82.4 Å². The number of carbonyl (C=O) groups excluding carboxylic acids is 2. The molecular formula is C26H23ClN4O4. The largest absolute Gasteiger partial charge is 0.359 e. The first kappa shape index (κ1) is 24.0. The number of aromatic nitrogens is 2. The number of carbonyl (C=O) groups is 2. The maximum atomic E-state index is 13.4. The third-order valence-corrected chi connectivity index (χ3v) is 5.99. The Hall–Kier alpha value is -4.17. The Balaban J connectivity index is 1.69. The molecule has 2 amide bonds. The van der Waals surface area contributed by atoms with E-state index >= 15 is 0 Å². The van der Waals surface area contributed by atoms with Crippen LogP contribution in [0.25, 0.3) is 16.6 Å². The van der Waals surface area contributed by atoms with Crippen molar-refractivity contribution in [2.75, 3.05) is 7.05 Å². The van der Waals surface area contributed by atoms with Crippen molar-refractivity contribution >= 4 is 34.3 Å². The highest BCUT2D eigenvalue weighted by atomic mass is 35.5. The fourth-order valence-corrected chi connectivity index (χ4v) is 3.98. The van der Waals surface area contributed by atoms with Crippen LogP contribution in [0.3, 0.4) is 0 Å². The van der Waals surface area contributed by atoms with Gasteiger partial charge in [0.15, 0.2) is 0 Å². The van der Waals surface area contributed by atoms with Crippen molar-refractivity contribution < 1.29 is 9.59 Å². The predicted molar refractivity (Wildman–Crippen MR) is 135 cm³/mol. The predicted octanol–water partition coefficient (Wildman–Crippen LogP) is 2.41. The number of hydrogen-bond donors (Lipinski definition) is 2. The van der Waals surface area contributed by atoms with Crippen LogP contribution in [0, 0.1) is 0 Å². The van der Waals surface area contributed by atoms with Gasteiger partial charge in [-0.05, 0) is 41.5 Å². The van der Waals surface area contributed by atoms with Gasteiger partial charge in [-0.2, -0.15) is 0 Å². The lowest BCUT2D eigenvalue weighted by Crippen LogP contribution is -2.41. The topological polar surface area (TPSA) is 102 Å². The number of para-hydroxylation sites is 1. The number of rotatable bonds is 7. The van der Waals surface area contributed by atoms with E-state index in [4.69, 9.17) is 11.6 Å². The standard InChI is InChI=1S/C26H23ClN4O4/c1-28-23(32)14-17-10-12-19(13-11-17)31-25(34)20-7-3-5-9-22(20)30(26(31)35)16-24(33)29-15-18-6-2-4-8-21(18)27/h2-13H,14-16H2,1H3,(H,28,32)(H,29,33). The van der Waals surface area contributed by atoms with E-state index in [1.165, 1.54) is 4.57 Å². The van der Waals surface area contributed by atoms with Crippen LogP contribution >= 0.6 is 11.6 Å². The first-order valence-corrected chi connectivity index (χ1v) is 11.3. The summed E-state index contributed by atoms with van der Waals surface area (Å²) < 4.78 is 2.31. The fourth-order valence-electron chi connectivity index (χ4n) is 3.77. The van der Waals surface area contributed by atoms with Crippen LogP contribution in [0.5, 0.6) is 0 Å². The van der Waals surface area contributed by atoms with Crippen LogP contribution in [-0.2, 0) is 29.1 Å². The molecule has 2 N–H and O–H groups in total. The average Bonchev–Trinajstić information content (AvgIpc) is 2.87. The highest BCUT2D eigenvalue weighted by Crippen LogP contribution is 2.15. The van der Waals surface area contributed by atoms with Gasteiger partial charge in [0, 0.05) is 18.6 Å². The minimum Gasteiger partial charge on any atom is -0.359 e. The van der Waals surface area contributed by atoms with Crippen LogP contribution in [-0.4, -0.2) is 28.0 Å². The van der Waals surface area contributed by atoms with Crippen molar-refractivity contribution in [3.8, 4) is 5.69 Å². The lowest BCUT2D eigenvalue weighted by Gasteiger charge is -2.15. The van der Waals surface area contributed by atoms with E-state index in [0.29, 0.717) is 21.6 Å². The molecule has 178 valence electrons. The zero-order chi connectivity index (χ0) is 24.9. The van der Waals surface area contributed by atoms with Gasteiger partial charge in [-0.25, -0.2) is 9.36 Å². The van der Waals surface area contributed by atoms with Gasteiger partial charge < -0.3 is 10.6 Å². The van der Waals surface area contributed by atoms with Gasteiger partial charge >= 0.3 is 5.69 Å². The normalized spacial score (nSPS) is 10.8. The molecule has 0 saturated carbocycles. The van der Waals surface area contributed by atoms with E-state index in [1.54, 1.807) is 73.8 Å². The van der Waals surface area contributed by atoms with Crippen LogP contribution in [0.1, 0.15) is 11.1 Å². The Morgan fingerprint density at radius 3 is 2.29 bits per heavy atom. The monoisotopic (exact) mass is 490 g/mol. The third-order valence-electron chi connectivity index (χ3n) is 5.62. The first-order valence-electron chi connectivity index (χ1n) is 10.9. The zero-order valence-electron chi connectivity index (χ0n) is 19.0. The number of amides is 2. The van der Waals surface area contributed by atoms with E-state index in [1.807, 2.05) is 6.07 Å². The molecule has 35 heavy (non-hydrogen) atoms. The minimum atomic E-state index is -0.638. The zero-order valence-corrected chi connectivity index (χ0v) is 19.7. The quantitative estimate of drug-likeness (QED) is 0.415. The summed E-state index contributed by atoms with van der Waals surface area (Å²) in [6, 6.07) is 20.4. The summed E-state index contributed by atoms with van der Waals surface area (Å²) in [5.74, 6) is -0.547. The maximum absolute atomic E-state index is 13.4. The van der Waals surface area contributed by atoms with E-state index in [9.17, 15) is 19.2 Å². The van der Waals surface area contributed by atoms with Gasteiger partial charge in [0.05, 0.1) is 23.0 Å². The lowest BCUT2D eigenvalue weighted by molar-refractivity contribution is -0.122. The van der Waals surface area contributed by atoms with Crippen molar-refractivity contribution in [1.82, 2.24) is 19.8 Å². The van der Waals surface area contributed by atoms with Crippen LogP contribution < -0.4 is 21.9 Å². The van der Waals surface area contributed by atoms with Crippen molar-refractivity contribution in [3.05, 3.63) is 110 Å². The molecule has 0 aliphatic rings. The highest BCUT2D eigenvalue weighted by molar-refractivity contribution is 6.31.